The first-order valence-electron chi connectivity index (χ1n) is 6.79. The molecular weight excluding hydrogens is 329 g/mol. The van der Waals surface area contributed by atoms with E-state index in [0.29, 0.717) is 47.0 Å². The van der Waals surface area contributed by atoms with Crippen molar-refractivity contribution in [3.8, 4) is 0 Å². The van der Waals surface area contributed by atoms with Crippen molar-refractivity contribution in [2.75, 3.05) is 6.54 Å². The van der Waals surface area contributed by atoms with Gasteiger partial charge in [0, 0.05) is 29.3 Å². The van der Waals surface area contributed by atoms with Gasteiger partial charge >= 0.3 is 0 Å². The average Bonchev–Trinajstić information content (AvgIpc) is 3.09. The Morgan fingerprint density at radius 1 is 1.41 bits per heavy atom. The second-order valence-corrected chi connectivity index (χ2v) is 6.20. The molecule has 1 aromatic carbocycles. The van der Waals surface area contributed by atoms with Crippen LogP contribution in [-0.4, -0.2) is 27.5 Å². The first-order valence-corrected chi connectivity index (χ1v) is 8.15. The van der Waals surface area contributed by atoms with Crippen LogP contribution >= 0.6 is 23.4 Å². The van der Waals surface area contributed by atoms with Crippen LogP contribution in [0.1, 0.15) is 24.3 Å². The van der Waals surface area contributed by atoms with E-state index in [2.05, 4.69) is 10.2 Å². The van der Waals surface area contributed by atoms with Gasteiger partial charge in [-0.25, -0.2) is 4.39 Å². The summed E-state index contributed by atoms with van der Waals surface area (Å²) in [6.45, 7) is 1.04. The molecular formula is C14H13ClFN3O2S. The highest BCUT2D eigenvalue weighted by molar-refractivity contribution is 7.98. The summed E-state index contributed by atoms with van der Waals surface area (Å²) in [6.07, 6.45) is 1.43. The van der Waals surface area contributed by atoms with Crippen LogP contribution in [-0.2, 0) is 17.1 Å². The number of carbonyl (C=O) groups is 1. The zero-order valence-electron chi connectivity index (χ0n) is 11.6. The second kappa shape index (κ2) is 6.66. The molecule has 1 aliphatic rings. The Labute approximate surface area is 135 Å². The fourth-order valence-electron chi connectivity index (χ4n) is 2.20. The number of halogens is 2. The Bertz CT molecular complexity index is 674. The van der Waals surface area contributed by atoms with Gasteiger partial charge in [-0.2, -0.15) is 0 Å². The molecule has 22 heavy (non-hydrogen) atoms. The van der Waals surface area contributed by atoms with Gasteiger partial charge in [0.25, 0.3) is 5.22 Å². The molecule has 1 aliphatic heterocycles. The van der Waals surface area contributed by atoms with Gasteiger partial charge in [-0.3, -0.25) is 4.79 Å². The maximum atomic E-state index is 13.7. The lowest BCUT2D eigenvalue weighted by Crippen LogP contribution is -2.23. The van der Waals surface area contributed by atoms with Gasteiger partial charge < -0.3 is 9.32 Å². The van der Waals surface area contributed by atoms with Crippen molar-refractivity contribution in [3.63, 3.8) is 0 Å². The molecule has 0 spiro atoms. The van der Waals surface area contributed by atoms with E-state index >= 15 is 0 Å². The van der Waals surface area contributed by atoms with E-state index < -0.39 is 0 Å². The molecule has 8 heteroatoms. The van der Waals surface area contributed by atoms with Crippen LogP contribution in [0.5, 0.6) is 0 Å². The minimum absolute atomic E-state index is 0.102. The lowest BCUT2D eigenvalue weighted by Gasteiger charge is -2.11. The lowest BCUT2D eigenvalue weighted by atomic mass is 10.2. The molecule has 2 heterocycles. The van der Waals surface area contributed by atoms with Gasteiger partial charge in [-0.15, -0.1) is 10.2 Å². The van der Waals surface area contributed by atoms with Crippen molar-refractivity contribution in [1.82, 2.24) is 15.1 Å². The normalized spacial score (nSPS) is 14.8. The summed E-state index contributed by atoms with van der Waals surface area (Å²) < 4.78 is 19.1. The van der Waals surface area contributed by atoms with Gasteiger partial charge in [-0.1, -0.05) is 29.4 Å². The minimum atomic E-state index is -0.359. The molecule has 0 atom stereocenters. The Hall–Kier alpha value is -1.60. The summed E-state index contributed by atoms with van der Waals surface area (Å²) in [5, 5.41) is 8.52. The quantitative estimate of drug-likeness (QED) is 0.781. The average molecular weight is 342 g/mol. The first-order chi connectivity index (χ1) is 10.6. The van der Waals surface area contributed by atoms with Crippen LogP contribution in [0.2, 0.25) is 5.02 Å². The number of carbonyl (C=O) groups excluding carboxylic acids is 1. The molecule has 2 aromatic rings. The summed E-state index contributed by atoms with van der Waals surface area (Å²) >= 11 is 7.18. The number of benzene rings is 1. The zero-order valence-corrected chi connectivity index (χ0v) is 13.2. The fraction of sp³-hybridized carbons (Fsp3) is 0.357. The number of aromatic nitrogens is 2. The lowest BCUT2D eigenvalue weighted by molar-refractivity contribution is -0.128. The standard InChI is InChI=1S/C14H13ClFN3O2S/c15-10-3-1-4-11(16)9(10)8-22-14-18-17-12(21-14)7-19-6-2-5-13(19)20/h1,3-4H,2,5-8H2. The number of hydrogen-bond acceptors (Lipinski definition) is 5. The van der Waals surface area contributed by atoms with Crippen molar-refractivity contribution >= 4 is 29.3 Å². The molecule has 5 nitrogen and oxygen atoms in total. The van der Waals surface area contributed by atoms with Crippen LogP contribution in [0.4, 0.5) is 4.39 Å². The van der Waals surface area contributed by atoms with Crippen molar-refractivity contribution in [1.29, 1.82) is 0 Å². The first kappa shape index (κ1) is 15.3. The van der Waals surface area contributed by atoms with Crippen LogP contribution in [0, 0.1) is 5.82 Å². The van der Waals surface area contributed by atoms with E-state index in [9.17, 15) is 9.18 Å². The van der Waals surface area contributed by atoms with E-state index in [1.54, 1.807) is 17.0 Å². The van der Waals surface area contributed by atoms with Crippen molar-refractivity contribution in [2.45, 2.75) is 30.4 Å². The smallest absolute Gasteiger partial charge is 0.276 e. The Balaban J connectivity index is 1.61. The number of amides is 1. The van der Waals surface area contributed by atoms with Gasteiger partial charge in [-0.05, 0) is 18.6 Å². The van der Waals surface area contributed by atoms with Crippen molar-refractivity contribution in [3.05, 3.63) is 40.5 Å². The third kappa shape index (κ3) is 3.41. The van der Waals surface area contributed by atoms with E-state index in [-0.39, 0.29) is 11.7 Å². The molecule has 116 valence electrons. The minimum Gasteiger partial charge on any atom is -0.414 e. The maximum Gasteiger partial charge on any atom is 0.276 e. The maximum absolute atomic E-state index is 13.7. The molecule has 0 bridgehead atoms. The highest BCUT2D eigenvalue weighted by Crippen LogP contribution is 2.28. The molecule has 0 radical (unpaired) electrons. The number of likely N-dealkylation sites (tertiary alicyclic amines) is 1. The summed E-state index contributed by atoms with van der Waals surface area (Å²) in [7, 11) is 0. The van der Waals surface area contributed by atoms with Gasteiger partial charge in [0.2, 0.25) is 11.8 Å². The molecule has 1 saturated heterocycles. The number of hydrogen-bond donors (Lipinski definition) is 0. The Kier molecular flexibility index (Phi) is 4.63. The highest BCUT2D eigenvalue weighted by Gasteiger charge is 2.22. The Morgan fingerprint density at radius 3 is 3.00 bits per heavy atom. The van der Waals surface area contributed by atoms with E-state index in [0.717, 1.165) is 6.42 Å². The van der Waals surface area contributed by atoms with Crippen molar-refractivity contribution in [2.24, 2.45) is 0 Å². The number of nitrogens with zero attached hydrogens (tertiary/aromatic N) is 3. The van der Waals surface area contributed by atoms with Gasteiger partial charge in [0.1, 0.15) is 5.82 Å². The van der Waals surface area contributed by atoms with Crippen molar-refractivity contribution < 1.29 is 13.6 Å². The summed E-state index contributed by atoms with van der Waals surface area (Å²) in [6, 6.07) is 4.56. The second-order valence-electron chi connectivity index (χ2n) is 4.87. The molecule has 0 N–H and O–H groups in total. The molecule has 0 aliphatic carbocycles. The molecule has 1 aromatic heterocycles. The molecule has 0 unspecified atom stereocenters. The molecule has 0 saturated carbocycles. The largest absolute Gasteiger partial charge is 0.414 e. The SMILES string of the molecule is O=C1CCCN1Cc1nnc(SCc2c(F)cccc2Cl)o1. The van der Waals surface area contributed by atoms with Crippen LogP contribution in [0.25, 0.3) is 0 Å². The Morgan fingerprint density at radius 2 is 2.27 bits per heavy atom. The van der Waals surface area contributed by atoms with Crippen LogP contribution in [0.15, 0.2) is 27.8 Å². The predicted molar refractivity (Wildman–Crippen MR) is 79.9 cm³/mol. The topological polar surface area (TPSA) is 59.2 Å². The molecule has 3 rings (SSSR count). The third-order valence-corrected chi connectivity index (χ3v) is 4.55. The summed E-state index contributed by atoms with van der Waals surface area (Å²) in [5.74, 6) is 0.431. The van der Waals surface area contributed by atoms with Crippen LogP contribution in [0.3, 0.4) is 0 Å². The summed E-state index contributed by atoms with van der Waals surface area (Å²) in [5.41, 5.74) is 0.406. The monoisotopic (exact) mass is 341 g/mol. The van der Waals surface area contributed by atoms with Gasteiger partial charge in [0.05, 0.1) is 6.54 Å². The van der Waals surface area contributed by atoms with Crippen LogP contribution < -0.4 is 0 Å². The highest BCUT2D eigenvalue weighted by atomic mass is 35.5. The number of thioether (sulfide) groups is 1. The molecule has 1 fully saturated rings. The van der Waals surface area contributed by atoms with E-state index in [1.807, 2.05) is 0 Å². The van der Waals surface area contributed by atoms with Gasteiger partial charge in [0.15, 0.2) is 0 Å². The number of rotatable bonds is 5. The summed E-state index contributed by atoms with van der Waals surface area (Å²) in [4.78, 5) is 13.2. The van der Waals surface area contributed by atoms with E-state index in [1.165, 1.54) is 17.8 Å². The molecule has 1 amide bonds. The fourth-order valence-corrected chi connectivity index (χ4v) is 3.32. The third-order valence-electron chi connectivity index (χ3n) is 3.35. The predicted octanol–water partition coefficient (Wildman–Crippen LogP) is 3.28. The van der Waals surface area contributed by atoms with E-state index in [4.69, 9.17) is 16.0 Å². The zero-order chi connectivity index (χ0) is 15.5.